The van der Waals surface area contributed by atoms with Gasteiger partial charge in [0.05, 0.1) is 28.2 Å². The summed E-state index contributed by atoms with van der Waals surface area (Å²) in [7, 11) is 0. The smallest absolute Gasteiger partial charge is 0.178 e. The number of carbonyl (C=O) groups excluding carboxylic acids is 1. The molecule has 5 heteroatoms. The average molecular weight is 229 g/mol. The molecule has 0 aromatic heterocycles. The number of alkyl halides is 1. The van der Waals surface area contributed by atoms with Gasteiger partial charge in [-0.3, -0.25) is 4.79 Å². The quantitative estimate of drug-likeness (QED) is 0.480. The van der Waals surface area contributed by atoms with Crippen molar-refractivity contribution in [2.45, 2.75) is 0 Å². The van der Waals surface area contributed by atoms with Gasteiger partial charge < -0.3 is 5.73 Å². The van der Waals surface area contributed by atoms with Crippen LogP contribution in [-0.2, 0) is 0 Å². The molecular formula is C9H6Cl2N2O. The van der Waals surface area contributed by atoms with Crippen LogP contribution in [-0.4, -0.2) is 11.7 Å². The molecule has 0 aliphatic rings. The van der Waals surface area contributed by atoms with Crippen LogP contribution in [0.2, 0.25) is 5.02 Å². The summed E-state index contributed by atoms with van der Waals surface area (Å²) >= 11 is 11.1. The van der Waals surface area contributed by atoms with Crippen LogP contribution in [0.1, 0.15) is 15.9 Å². The Balaban J connectivity index is 3.36. The molecule has 72 valence electrons. The van der Waals surface area contributed by atoms with E-state index in [4.69, 9.17) is 34.2 Å². The highest BCUT2D eigenvalue weighted by molar-refractivity contribution is 6.34. The van der Waals surface area contributed by atoms with Crippen LogP contribution >= 0.6 is 23.2 Å². The molecule has 3 nitrogen and oxygen atoms in total. The number of nitrogen functional groups attached to an aromatic ring is 1. The molecule has 2 N–H and O–H groups in total. The van der Waals surface area contributed by atoms with Crippen molar-refractivity contribution >= 4 is 34.7 Å². The number of nitrogens with two attached hydrogens (primary N) is 1. The van der Waals surface area contributed by atoms with Crippen molar-refractivity contribution in [2.24, 2.45) is 0 Å². The number of ketones is 1. The lowest BCUT2D eigenvalue weighted by Crippen LogP contribution is -2.04. The van der Waals surface area contributed by atoms with E-state index in [1.165, 1.54) is 12.1 Å². The fraction of sp³-hybridized carbons (Fsp3) is 0.111. The molecule has 0 saturated heterocycles. The summed E-state index contributed by atoms with van der Waals surface area (Å²) in [5.41, 5.74) is 6.17. The monoisotopic (exact) mass is 228 g/mol. The molecule has 0 amide bonds. The van der Waals surface area contributed by atoms with E-state index in [9.17, 15) is 4.79 Å². The predicted molar refractivity (Wildman–Crippen MR) is 55.6 cm³/mol. The number of rotatable bonds is 2. The molecule has 0 saturated carbocycles. The molecule has 0 aliphatic heterocycles. The van der Waals surface area contributed by atoms with E-state index in [1.807, 2.05) is 6.07 Å². The third-order valence-electron chi connectivity index (χ3n) is 1.68. The SMILES string of the molecule is N#Cc1cc(Cl)c(N)cc1C(=O)CCl. The van der Waals surface area contributed by atoms with Crippen LogP contribution in [0.25, 0.3) is 0 Å². The topological polar surface area (TPSA) is 66.9 Å². The molecule has 0 radical (unpaired) electrons. The molecule has 0 unspecified atom stereocenters. The van der Waals surface area contributed by atoms with Crippen LogP contribution in [0.3, 0.4) is 0 Å². The Morgan fingerprint density at radius 3 is 2.71 bits per heavy atom. The number of nitriles is 1. The van der Waals surface area contributed by atoms with Crippen LogP contribution in [0.5, 0.6) is 0 Å². The second-order valence-electron chi connectivity index (χ2n) is 2.59. The van der Waals surface area contributed by atoms with Crippen molar-refractivity contribution in [3.63, 3.8) is 0 Å². The molecule has 0 spiro atoms. The lowest BCUT2D eigenvalue weighted by Gasteiger charge is -2.03. The number of benzene rings is 1. The normalized spacial score (nSPS) is 9.50. The Morgan fingerprint density at radius 1 is 1.57 bits per heavy atom. The van der Waals surface area contributed by atoms with Crippen molar-refractivity contribution in [3.8, 4) is 6.07 Å². The summed E-state index contributed by atoms with van der Waals surface area (Å²) in [6.07, 6.45) is 0. The summed E-state index contributed by atoms with van der Waals surface area (Å²) in [6, 6.07) is 4.58. The van der Waals surface area contributed by atoms with E-state index in [0.717, 1.165) is 0 Å². The lowest BCUT2D eigenvalue weighted by atomic mass is 10.0. The van der Waals surface area contributed by atoms with Gasteiger partial charge in [-0.25, -0.2) is 0 Å². The molecular weight excluding hydrogens is 223 g/mol. The van der Waals surface area contributed by atoms with Crippen molar-refractivity contribution in [1.82, 2.24) is 0 Å². The maximum Gasteiger partial charge on any atom is 0.178 e. The summed E-state index contributed by atoms with van der Waals surface area (Å²) in [4.78, 5) is 11.3. The third-order valence-corrected chi connectivity index (χ3v) is 2.25. The van der Waals surface area contributed by atoms with Crippen molar-refractivity contribution < 1.29 is 4.79 Å². The third kappa shape index (κ3) is 1.98. The van der Waals surface area contributed by atoms with Gasteiger partial charge in [-0.05, 0) is 12.1 Å². The zero-order chi connectivity index (χ0) is 10.7. The first-order valence-electron chi connectivity index (χ1n) is 3.68. The number of anilines is 1. The van der Waals surface area contributed by atoms with E-state index < -0.39 is 0 Å². The number of carbonyl (C=O) groups is 1. The van der Waals surface area contributed by atoms with Gasteiger partial charge in [0.1, 0.15) is 0 Å². The van der Waals surface area contributed by atoms with E-state index in [2.05, 4.69) is 0 Å². The zero-order valence-electron chi connectivity index (χ0n) is 7.05. The molecule has 1 aromatic rings. The van der Waals surface area contributed by atoms with Crippen molar-refractivity contribution in [1.29, 1.82) is 5.26 Å². The first-order valence-corrected chi connectivity index (χ1v) is 4.59. The van der Waals surface area contributed by atoms with Gasteiger partial charge in [0.2, 0.25) is 0 Å². The molecule has 1 aromatic carbocycles. The van der Waals surface area contributed by atoms with Crippen molar-refractivity contribution in [2.75, 3.05) is 11.6 Å². The number of halogens is 2. The number of hydrogen-bond donors (Lipinski definition) is 1. The molecule has 0 fully saturated rings. The number of Topliss-reactive ketones (excluding diaryl/α,β-unsaturated/α-hetero) is 1. The minimum Gasteiger partial charge on any atom is -0.398 e. The number of nitrogens with zero attached hydrogens (tertiary/aromatic N) is 1. The molecule has 0 heterocycles. The van der Waals surface area contributed by atoms with Gasteiger partial charge in [-0.2, -0.15) is 5.26 Å². The second kappa shape index (κ2) is 4.32. The highest BCUT2D eigenvalue weighted by atomic mass is 35.5. The summed E-state index contributed by atoms with van der Waals surface area (Å²) in [6.45, 7) is 0. The van der Waals surface area contributed by atoms with Crippen LogP contribution in [0.4, 0.5) is 5.69 Å². The van der Waals surface area contributed by atoms with Crippen LogP contribution in [0.15, 0.2) is 12.1 Å². The summed E-state index contributed by atoms with van der Waals surface area (Å²) in [5, 5.41) is 8.99. The first kappa shape index (κ1) is 10.8. The van der Waals surface area contributed by atoms with Gasteiger partial charge in [0.15, 0.2) is 5.78 Å². The van der Waals surface area contributed by atoms with Gasteiger partial charge in [0.25, 0.3) is 0 Å². The van der Waals surface area contributed by atoms with Gasteiger partial charge in [0, 0.05) is 5.56 Å². The highest BCUT2D eigenvalue weighted by Gasteiger charge is 2.12. The maximum absolute atomic E-state index is 11.3. The molecule has 0 bridgehead atoms. The van der Waals surface area contributed by atoms with E-state index >= 15 is 0 Å². The Labute approximate surface area is 91.0 Å². The van der Waals surface area contributed by atoms with Gasteiger partial charge in [-0.1, -0.05) is 11.6 Å². The van der Waals surface area contributed by atoms with E-state index in [1.54, 1.807) is 0 Å². The van der Waals surface area contributed by atoms with E-state index in [-0.39, 0.29) is 33.5 Å². The van der Waals surface area contributed by atoms with Crippen molar-refractivity contribution in [3.05, 3.63) is 28.3 Å². The van der Waals surface area contributed by atoms with Gasteiger partial charge >= 0.3 is 0 Å². The highest BCUT2D eigenvalue weighted by Crippen LogP contribution is 2.23. The Bertz CT molecular complexity index is 424. The standard InChI is InChI=1S/C9H6Cl2N2O/c10-3-9(14)6-2-8(13)7(11)1-5(6)4-12/h1-2H,3,13H2. The zero-order valence-corrected chi connectivity index (χ0v) is 8.56. The molecule has 14 heavy (non-hydrogen) atoms. The predicted octanol–water partition coefficient (Wildman–Crippen LogP) is 2.22. The average Bonchev–Trinajstić information content (AvgIpc) is 2.20. The second-order valence-corrected chi connectivity index (χ2v) is 3.26. The largest absolute Gasteiger partial charge is 0.398 e. The Hall–Kier alpha value is -1.24. The molecule has 0 aliphatic carbocycles. The fourth-order valence-corrected chi connectivity index (χ4v) is 1.29. The van der Waals surface area contributed by atoms with E-state index in [0.29, 0.717) is 0 Å². The molecule has 1 rings (SSSR count). The fourth-order valence-electron chi connectivity index (χ4n) is 0.985. The number of hydrogen-bond acceptors (Lipinski definition) is 3. The Kier molecular flexibility index (Phi) is 3.34. The maximum atomic E-state index is 11.3. The van der Waals surface area contributed by atoms with Crippen LogP contribution < -0.4 is 5.73 Å². The molecule has 0 atom stereocenters. The minimum atomic E-state index is -0.341. The Morgan fingerprint density at radius 2 is 2.21 bits per heavy atom. The first-order chi connectivity index (χ1) is 6.60. The van der Waals surface area contributed by atoms with Gasteiger partial charge in [-0.15, -0.1) is 11.6 Å². The lowest BCUT2D eigenvalue weighted by molar-refractivity contribution is 0.102. The minimum absolute atomic E-state index is 0.185. The summed E-state index contributed by atoms with van der Waals surface area (Å²) in [5.74, 6) is -0.526. The summed E-state index contributed by atoms with van der Waals surface area (Å²) < 4.78 is 0. The van der Waals surface area contributed by atoms with Crippen LogP contribution in [0, 0.1) is 11.3 Å².